The van der Waals surface area contributed by atoms with E-state index < -0.39 is 0 Å². The maximum atomic E-state index is 12.5. The van der Waals surface area contributed by atoms with Gasteiger partial charge < -0.3 is 18.9 Å². The van der Waals surface area contributed by atoms with Crippen LogP contribution in [0.5, 0.6) is 5.75 Å². The smallest absolute Gasteiger partial charge is 0.410 e. The van der Waals surface area contributed by atoms with Crippen molar-refractivity contribution in [2.75, 3.05) is 7.05 Å². The van der Waals surface area contributed by atoms with Gasteiger partial charge in [-0.2, -0.15) is 0 Å². The average Bonchev–Trinajstić information content (AvgIpc) is 3.16. The van der Waals surface area contributed by atoms with E-state index in [1.54, 1.807) is 4.90 Å². The number of benzene rings is 1. The molecule has 0 aliphatic heterocycles. The number of carbonyl (C=O) groups is 1. The normalized spacial score (nSPS) is 27.1. The SMILES string of the molecule is Cc1noc(-c2ccc(OC3CCCC4C(C)C34)cc2)c1COC(=O)N(C)C1CCCC1. The van der Waals surface area contributed by atoms with Gasteiger partial charge in [-0.05, 0) is 75.1 Å². The van der Waals surface area contributed by atoms with Gasteiger partial charge in [-0.1, -0.05) is 24.9 Å². The quantitative estimate of drug-likeness (QED) is 0.555. The van der Waals surface area contributed by atoms with Gasteiger partial charge in [0.15, 0.2) is 5.76 Å². The van der Waals surface area contributed by atoms with Crippen molar-refractivity contribution in [1.82, 2.24) is 10.1 Å². The fraction of sp³-hybridized carbons (Fsp3) is 0.615. The van der Waals surface area contributed by atoms with Crippen LogP contribution in [0.4, 0.5) is 4.79 Å². The standard InChI is InChI=1S/C26H34N2O4/c1-16-21-9-6-10-23(24(16)21)31-20-13-11-18(12-14-20)25-22(17(2)27-32-25)15-30-26(29)28(3)19-7-4-5-8-19/h11-14,16,19,21,23-24H,4-10,15H2,1-3H3. The molecule has 3 aliphatic carbocycles. The van der Waals surface area contributed by atoms with E-state index in [2.05, 4.69) is 12.1 Å². The van der Waals surface area contributed by atoms with E-state index in [0.29, 0.717) is 11.9 Å². The summed E-state index contributed by atoms with van der Waals surface area (Å²) in [6.07, 6.45) is 8.30. The van der Waals surface area contributed by atoms with Crippen molar-refractivity contribution in [1.29, 1.82) is 0 Å². The van der Waals surface area contributed by atoms with Crippen molar-refractivity contribution in [3.8, 4) is 17.1 Å². The molecular formula is C26H34N2O4. The molecule has 0 saturated heterocycles. The van der Waals surface area contributed by atoms with Crippen molar-refractivity contribution >= 4 is 6.09 Å². The van der Waals surface area contributed by atoms with Gasteiger partial charge in [0.05, 0.1) is 11.3 Å². The molecule has 6 heteroatoms. The zero-order chi connectivity index (χ0) is 22.2. The third-order valence-electron chi connectivity index (χ3n) is 7.98. The summed E-state index contributed by atoms with van der Waals surface area (Å²) < 4.78 is 17.6. The number of fused-ring (bicyclic) bond motifs is 1. The number of hydrogen-bond donors (Lipinski definition) is 0. The fourth-order valence-electron chi connectivity index (χ4n) is 5.86. The fourth-order valence-corrected chi connectivity index (χ4v) is 5.86. The Morgan fingerprint density at radius 3 is 2.62 bits per heavy atom. The van der Waals surface area contributed by atoms with E-state index in [-0.39, 0.29) is 18.7 Å². The van der Waals surface area contributed by atoms with E-state index in [9.17, 15) is 4.79 Å². The molecule has 32 heavy (non-hydrogen) atoms. The number of aryl methyl sites for hydroxylation is 1. The lowest BCUT2D eigenvalue weighted by Crippen LogP contribution is -2.35. The molecule has 4 unspecified atom stereocenters. The Morgan fingerprint density at radius 1 is 1.12 bits per heavy atom. The molecule has 0 bridgehead atoms. The van der Waals surface area contributed by atoms with E-state index in [1.165, 1.54) is 25.7 Å². The summed E-state index contributed by atoms with van der Waals surface area (Å²) in [5.41, 5.74) is 2.47. The molecule has 1 amide bonds. The molecule has 3 saturated carbocycles. The molecule has 0 N–H and O–H groups in total. The number of amides is 1. The Kier molecular flexibility index (Phi) is 5.87. The molecule has 5 rings (SSSR count). The largest absolute Gasteiger partial charge is 0.490 e. The van der Waals surface area contributed by atoms with Gasteiger partial charge in [0.25, 0.3) is 0 Å². The van der Waals surface area contributed by atoms with Gasteiger partial charge in [-0.25, -0.2) is 4.79 Å². The van der Waals surface area contributed by atoms with E-state index >= 15 is 0 Å². The third kappa shape index (κ3) is 4.12. The molecule has 1 aromatic carbocycles. The van der Waals surface area contributed by atoms with Crippen molar-refractivity contribution in [3.05, 3.63) is 35.5 Å². The molecule has 1 heterocycles. The van der Waals surface area contributed by atoms with Crippen molar-refractivity contribution in [3.63, 3.8) is 0 Å². The van der Waals surface area contributed by atoms with Crippen LogP contribution in [0.25, 0.3) is 11.3 Å². The zero-order valence-corrected chi connectivity index (χ0v) is 19.4. The summed E-state index contributed by atoms with van der Waals surface area (Å²) in [5.74, 6) is 3.95. The Balaban J connectivity index is 1.23. The predicted octanol–water partition coefficient (Wildman–Crippen LogP) is 5.97. The third-order valence-corrected chi connectivity index (χ3v) is 7.98. The first-order valence-electron chi connectivity index (χ1n) is 12.1. The topological polar surface area (TPSA) is 64.8 Å². The highest BCUT2D eigenvalue weighted by Gasteiger charge is 2.53. The number of rotatable bonds is 6. The van der Waals surface area contributed by atoms with Gasteiger partial charge in [-0.3, -0.25) is 0 Å². The summed E-state index contributed by atoms with van der Waals surface area (Å²) in [6.45, 7) is 4.39. The highest BCUT2D eigenvalue weighted by molar-refractivity contribution is 5.68. The molecule has 3 fully saturated rings. The molecular weight excluding hydrogens is 404 g/mol. The van der Waals surface area contributed by atoms with Crippen LogP contribution >= 0.6 is 0 Å². The summed E-state index contributed by atoms with van der Waals surface area (Å²) in [5, 5.41) is 4.12. The second kappa shape index (κ2) is 8.80. The second-order valence-corrected chi connectivity index (χ2v) is 9.89. The minimum absolute atomic E-state index is 0.155. The zero-order valence-electron chi connectivity index (χ0n) is 19.4. The lowest BCUT2D eigenvalue weighted by molar-refractivity contribution is 0.0917. The van der Waals surface area contributed by atoms with Crippen LogP contribution in [0.2, 0.25) is 0 Å². The first kappa shape index (κ1) is 21.4. The summed E-state index contributed by atoms with van der Waals surface area (Å²) in [4.78, 5) is 14.2. The molecule has 2 aromatic rings. The Morgan fingerprint density at radius 2 is 1.88 bits per heavy atom. The van der Waals surface area contributed by atoms with E-state index in [1.807, 2.05) is 38.2 Å². The molecule has 172 valence electrons. The van der Waals surface area contributed by atoms with Gasteiger partial charge in [0, 0.05) is 24.6 Å². The van der Waals surface area contributed by atoms with Crippen LogP contribution in [0.3, 0.4) is 0 Å². The number of ether oxygens (including phenoxy) is 2. The first-order valence-corrected chi connectivity index (χ1v) is 12.1. The van der Waals surface area contributed by atoms with Gasteiger partial charge in [0.1, 0.15) is 18.5 Å². The van der Waals surface area contributed by atoms with E-state index in [0.717, 1.165) is 59.6 Å². The Labute approximate surface area is 190 Å². The second-order valence-electron chi connectivity index (χ2n) is 9.89. The van der Waals surface area contributed by atoms with Gasteiger partial charge >= 0.3 is 6.09 Å². The molecule has 1 aromatic heterocycles. The van der Waals surface area contributed by atoms with Crippen LogP contribution in [0.1, 0.15) is 63.1 Å². The predicted molar refractivity (Wildman–Crippen MR) is 121 cm³/mol. The van der Waals surface area contributed by atoms with Crippen LogP contribution in [-0.4, -0.2) is 35.3 Å². The lowest BCUT2D eigenvalue weighted by atomic mass is 9.98. The first-order chi connectivity index (χ1) is 15.5. The van der Waals surface area contributed by atoms with Crippen LogP contribution in [0.15, 0.2) is 28.8 Å². The molecule has 0 spiro atoms. The van der Waals surface area contributed by atoms with Crippen molar-refractivity contribution < 1.29 is 18.8 Å². The lowest BCUT2D eigenvalue weighted by Gasteiger charge is -2.23. The Hall–Kier alpha value is -2.50. The summed E-state index contributed by atoms with van der Waals surface area (Å²) >= 11 is 0. The van der Waals surface area contributed by atoms with Gasteiger partial charge in [0.2, 0.25) is 0 Å². The summed E-state index contributed by atoms with van der Waals surface area (Å²) in [7, 11) is 1.83. The van der Waals surface area contributed by atoms with Crippen LogP contribution < -0.4 is 4.74 Å². The monoisotopic (exact) mass is 438 g/mol. The minimum Gasteiger partial charge on any atom is -0.490 e. The van der Waals surface area contributed by atoms with Crippen LogP contribution in [-0.2, 0) is 11.3 Å². The number of nitrogens with zero attached hydrogens (tertiary/aromatic N) is 2. The van der Waals surface area contributed by atoms with Crippen LogP contribution in [0, 0.1) is 24.7 Å². The minimum atomic E-state index is -0.285. The molecule has 3 aliphatic rings. The highest BCUT2D eigenvalue weighted by Crippen LogP contribution is 2.55. The maximum Gasteiger partial charge on any atom is 0.410 e. The molecule has 0 radical (unpaired) electrons. The molecule has 4 atom stereocenters. The average molecular weight is 439 g/mol. The maximum absolute atomic E-state index is 12.5. The number of aromatic nitrogens is 1. The molecule has 6 nitrogen and oxygen atoms in total. The number of carbonyl (C=O) groups excluding carboxylic acids is 1. The van der Waals surface area contributed by atoms with Gasteiger partial charge in [-0.15, -0.1) is 0 Å². The van der Waals surface area contributed by atoms with Crippen molar-refractivity contribution in [2.45, 2.75) is 77.5 Å². The summed E-state index contributed by atoms with van der Waals surface area (Å²) in [6, 6.07) is 8.31. The highest BCUT2D eigenvalue weighted by atomic mass is 16.6. The van der Waals surface area contributed by atoms with Crippen molar-refractivity contribution in [2.24, 2.45) is 17.8 Å². The Bertz CT molecular complexity index is 947. The number of hydrogen-bond acceptors (Lipinski definition) is 5. The van der Waals surface area contributed by atoms with E-state index in [4.69, 9.17) is 14.0 Å².